The second kappa shape index (κ2) is 7.05. The summed E-state index contributed by atoms with van der Waals surface area (Å²) in [4.78, 5) is 2.57. The Labute approximate surface area is 119 Å². The molecule has 112 valence electrons. The maximum atomic E-state index is 5.46. The third-order valence-corrected chi connectivity index (χ3v) is 5.05. The quantitative estimate of drug-likeness (QED) is 0.829. The molecular formula is C16H32N2O. The molecule has 1 heterocycles. The van der Waals surface area contributed by atoms with Gasteiger partial charge in [0.15, 0.2) is 0 Å². The van der Waals surface area contributed by atoms with Gasteiger partial charge in [0.2, 0.25) is 0 Å². The summed E-state index contributed by atoms with van der Waals surface area (Å²) in [5.74, 6) is 0.956. The minimum absolute atomic E-state index is 0.253. The van der Waals surface area contributed by atoms with Gasteiger partial charge in [0.05, 0.1) is 13.2 Å². The summed E-state index contributed by atoms with van der Waals surface area (Å²) < 4.78 is 5.46. The van der Waals surface area contributed by atoms with Crippen molar-refractivity contribution in [3.8, 4) is 0 Å². The average Bonchev–Trinajstić information content (AvgIpc) is 2.46. The van der Waals surface area contributed by atoms with E-state index in [1.54, 1.807) is 0 Å². The molecule has 3 nitrogen and oxygen atoms in total. The van der Waals surface area contributed by atoms with Crippen LogP contribution in [0.5, 0.6) is 0 Å². The summed E-state index contributed by atoms with van der Waals surface area (Å²) in [5, 5.41) is 3.84. The molecule has 0 aromatic heterocycles. The van der Waals surface area contributed by atoms with Crippen molar-refractivity contribution >= 4 is 0 Å². The zero-order chi connectivity index (χ0) is 13.7. The van der Waals surface area contributed by atoms with Gasteiger partial charge in [0, 0.05) is 31.2 Å². The number of hydrogen-bond acceptors (Lipinski definition) is 3. The molecule has 0 radical (unpaired) electrons. The Bertz CT molecular complexity index is 261. The number of rotatable bonds is 5. The minimum atomic E-state index is 0.253. The SMILES string of the molecule is CCC1CCCC(NCC(C)(C)N2CCOCC2)C1. The van der Waals surface area contributed by atoms with Crippen LogP contribution in [0.15, 0.2) is 0 Å². The van der Waals surface area contributed by atoms with E-state index in [-0.39, 0.29) is 5.54 Å². The van der Waals surface area contributed by atoms with E-state index >= 15 is 0 Å². The van der Waals surface area contributed by atoms with Crippen molar-refractivity contribution < 1.29 is 4.74 Å². The molecule has 0 amide bonds. The molecule has 2 fully saturated rings. The predicted molar refractivity (Wildman–Crippen MR) is 80.5 cm³/mol. The lowest BCUT2D eigenvalue weighted by Gasteiger charge is -2.42. The van der Waals surface area contributed by atoms with Gasteiger partial charge in [-0.3, -0.25) is 4.90 Å². The number of nitrogens with one attached hydrogen (secondary N) is 1. The van der Waals surface area contributed by atoms with Gasteiger partial charge in [-0.1, -0.05) is 26.2 Å². The van der Waals surface area contributed by atoms with E-state index in [0.717, 1.165) is 44.8 Å². The Balaban J connectivity index is 1.76. The molecule has 2 aliphatic rings. The van der Waals surface area contributed by atoms with Crippen LogP contribution in [-0.2, 0) is 4.74 Å². The highest BCUT2D eigenvalue weighted by atomic mass is 16.5. The average molecular weight is 268 g/mol. The van der Waals surface area contributed by atoms with E-state index in [1.165, 1.54) is 32.1 Å². The second-order valence-corrected chi connectivity index (χ2v) is 6.93. The first-order chi connectivity index (χ1) is 9.12. The van der Waals surface area contributed by atoms with Crippen LogP contribution < -0.4 is 5.32 Å². The van der Waals surface area contributed by atoms with E-state index in [0.29, 0.717) is 0 Å². The first kappa shape index (κ1) is 15.3. The highest BCUT2D eigenvalue weighted by Gasteiger charge is 2.29. The lowest BCUT2D eigenvalue weighted by molar-refractivity contribution is -0.0109. The van der Waals surface area contributed by atoms with Gasteiger partial charge in [0.25, 0.3) is 0 Å². The maximum Gasteiger partial charge on any atom is 0.0594 e. The van der Waals surface area contributed by atoms with Gasteiger partial charge in [-0.25, -0.2) is 0 Å². The fourth-order valence-electron chi connectivity index (χ4n) is 3.52. The third kappa shape index (κ3) is 4.44. The second-order valence-electron chi connectivity index (χ2n) is 6.93. The summed E-state index contributed by atoms with van der Waals surface area (Å²) in [6.07, 6.45) is 6.96. The summed E-state index contributed by atoms with van der Waals surface area (Å²) in [6, 6.07) is 0.749. The van der Waals surface area contributed by atoms with E-state index in [2.05, 4.69) is 31.0 Å². The lowest BCUT2D eigenvalue weighted by Crippen LogP contribution is -2.56. The fraction of sp³-hybridized carbons (Fsp3) is 1.00. The van der Waals surface area contributed by atoms with Crippen molar-refractivity contribution in [2.24, 2.45) is 5.92 Å². The van der Waals surface area contributed by atoms with Crippen LogP contribution in [-0.4, -0.2) is 49.3 Å². The van der Waals surface area contributed by atoms with Crippen LogP contribution in [0.4, 0.5) is 0 Å². The van der Waals surface area contributed by atoms with E-state index in [9.17, 15) is 0 Å². The van der Waals surface area contributed by atoms with Crippen molar-refractivity contribution in [1.82, 2.24) is 10.2 Å². The molecule has 2 atom stereocenters. The number of ether oxygens (including phenoxy) is 1. The van der Waals surface area contributed by atoms with Gasteiger partial charge < -0.3 is 10.1 Å². The molecule has 0 spiro atoms. The van der Waals surface area contributed by atoms with Crippen molar-refractivity contribution in [2.75, 3.05) is 32.8 Å². The van der Waals surface area contributed by atoms with Crippen molar-refractivity contribution in [3.05, 3.63) is 0 Å². The molecule has 2 unspecified atom stereocenters. The maximum absolute atomic E-state index is 5.46. The standard InChI is InChI=1S/C16H32N2O/c1-4-14-6-5-7-15(12-14)17-13-16(2,3)18-8-10-19-11-9-18/h14-15,17H,4-13H2,1-3H3. The van der Waals surface area contributed by atoms with Crippen LogP contribution in [0.1, 0.15) is 52.9 Å². The molecule has 1 saturated heterocycles. The first-order valence-electron chi connectivity index (χ1n) is 8.18. The zero-order valence-electron chi connectivity index (χ0n) is 13.1. The molecule has 1 aliphatic carbocycles. The van der Waals surface area contributed by atoms with Crippen molar-refractivity contribution in [1.29, 1.82) is 0 Å². The summed E-state index contributed by atoms with van der Waals surface area (Å²) in [7, 11) is 0. The molecule has 19 heavy (non-hydrogen) atoms. The van der Waals surface area contributed by atoms with Gasteiger partial charge in [0.1, 0.15) is 0 Å². The molecule has 1 N–H and O–H groups in total. The fourth-order valence-corrected chi connectivity index (χ4v) is 3.52. The van der Waals surface area contributed by atoms with Crippen molar-refractivity contribution in [3.63, 3.8) is 0 Å². The summed E-state index contributed by atoms with van der Waals surface area (Å²) in [5.41, 5.74) is 0.253. The lowest BCUT2D eigenvalue weighted by atomic mass is 9.84. The monoisotopic (exact) mass is 268 g/mol. The Kier molecular flexibility index (Phi) is 5.67. The molecule has 2 rings (SSSR count). The highest BCUT2D eigenvalue weighted by molar-refractivity contribution is 4.88. The molecule has 1 saturated carbocycles. The molecular weight excluding hydrogens is 236 g/mol. The summed E-state index contributed by atoms with van der Waals surface area (Å²) >= 11 is 0. The molecule has 0 aromatic carbocycles. The Morgan fingerprint density at radius 3 is 2.63 bits per heavy atom. The Hall–Kier alpha value is -0.120. The highest BCUT2D eigenvalue weighted by Crippen LogP contribution is 2.27. The Morgan fingerprint density at radius 2 is 1.95 bits per heavy atom. The minimum Gasteiger partial charge on any atom is -0.379 e. The van der Waals surface area contributed by atoms with Gasteiger partial charge in [-0.05, 0) is 32.6 Å². The third-order valence-electron chi connectivity index (χ3n) is 5.05. The smallest absolute Gasteiger partial charge is 0.0594 e. The van der Waals surface area contributed by atoms with E-state index in [1.807, 2.05) is 0 Å². The van der Waals surface area contributed by atoms with E-state index in [4.69, 9.17) is 4.74 Å². The van der Waals surface area contributed by atoms with Crippen LogP contribution in [0.3, 0.4) is 0 Å². The topological polar surface area (TPSA) is 24.5 Å². The van der Waals surface area contributed by atoms with Crippen LogP contribution >= 0.6 is 0 Å². The van der Waals surface area contributed by atoms with Crippen LogP contribution in [0.25, 0.3) is 0 Å². The van der Waals surface area contributed by atoms with E-state index < -0.39 is 0 Å². The van der Waals surface area contributed by atoms with Gasteiger partial charge >= 0.3 is 0 Å². The first-order valence-corrected chi connectivity index (χ1v) is 8.18. The van der Waals surface area contributed by atoms with Crippen molar-refractivity contribution in [2.45, 2.75) is 64.5 Å². The number of nitrogens with zero attached hydrogens (tertiary/aromatic N) is 1. The predicted octanol–water partition coefficient (Wildman–Crippen LogP) is 2.66. The molecule has 0 bridgehead atoms. The normalized spacial score (nSPS) is 30.5. The molecule has 3 heteroatoms. The largest absolute Gasteiger partial charge is 0.379 e. The van der Waals surface area contributed by atoms with Gasteiger partial charge in [-0.2, -0.15) is 0 Å². The summed E-state index contributed by atoms with van der Waals surface area (Å²) in [6.45, 7) is 12.1. The van der Waals surface area contributed by atoms with Crippen LogP contribution in [0.2, 0.25) is 0 Å². The van der Waals surface area contributed by atoms with Gasteiger partial charge in [-0.15, -0.1) is 0 Å². The number of hydrogen-bond donors (Lipinski definition) is 1. The Morgan fingerprint density at radius 1 is 1.21 bits per heavy atom. The molecule has 1 aliphatic heterocycles. The van der Waals surface area contributed by atoms with Crippen LogP contribution in [0, 0.1) is 5.92 Å². The number of morpholine rings is 1. The molecule has 0 aromatic rings. The zero-order valence-corrected chi connectivity index (χ0v) is 13.1.